The SMILES string of the molecule is CC(C)Oc1ncnc(Oc2ccccc2C#N)c1F. The normalized spacial score (nSPS) is 10.2. The van der Waals surface area contributed by atoms with E-state index in [1.165, 1.54) is 0 Å². The molecule has 0 aliphatic carbocycles. The van der Waals surface area contributed by atoms with E-state index in [1.807, 2.05) is 6.07 Å². The average Bonchev–Trinajstić information content (AvgIpc) is 2.43. The van der Waals surface area contributed by atoms with Gasteiger partial charge in [-0.2, -0.15) is 19.6 Å². The van der Waals surface area contributed by atoms with Crippen LogP contribution in [-0.2, 0) is 0 Å². The van der Waals surface area contributed by atoms with Crippen LogP contribution in [0.3, 0.4) is 0 Å². The molecule has 2 aromatic rings. The Labute approximate surface area is 115 Å². The molecular formula is C14H12FN3O2. The van der Waals surface area contributed by atoms with E-state index in [-0.39, 0.29) is 29.2 Å². The Morgan fingerprint density at radius 1 is 1.20 bits per heavy atom. The predicted octanol–water partition coefficient (Wildman–Crippen LogP) is 3.07. The Kier molecular flexibility index (Phi) is 4.11. The van der Waals surface area contributed by atoms with Crippen LogP contribution >= 0.6 is 0 Å². The van der Waals surface area contributed by atoms with Crippen LogP contribution in [0.25, 0.3) is 0 Å². The largest absolute Gasteiger partial charge is 0.473 e. The summed E-state index contributed by atoms with van der Waals surface area (Å²) in [4.78, 5) is 7.43. The first-order chi connectivity index (χ1) is 9.61. The van der Waals surface area contributed by atoms with Crippen LogP contribution in [0, 0.1) is 17.1 Å². The van der Waals surface area contributed by atoms with Gasteiger partial charge in [-0.1, -0.05) is 12.1 Å². The van der Waals surface area contributed by atoms with Crippen molar-refractivity contribution in [3.63, 3.8) is 0 Å². The lowest BCUT2D eigenvalue weighted by Gasteiger charge is -2.11. The number of aromatic nitrogens is 2. The Morgan fingerprint density at radius 3 is 2.60 bits per heavy atom. The molecule has 102 valence electrons. The van der Waals surface area contributed by atoms with Crippen LogP contribution < -0.4 is 9.47 Å². The lowest BCUT2D eigenvalue weighted by atomic mass is 10.2. The highest BCUT2D eigenvalue weighted by Crippen LogP contribution is 2.28. The maximum absolute atomic E-state index is 14.1. The van der Waals surface area contributed by atoms with E-state index < -0.39 is 5.82 Å². The van der Waals surface area contributed by atoms with Crippen molar-refractivity contribution in [2.45, 2.75) is 20.0 Å². The minimum absolute atomic E-state index is 0.181. The number of halogens is 1. The molecule has 1 heterocycles. The van der Waals surface area contributed by atoms with Gasteiger partial charge in [-0.05, 0) is 26.0 Å². The third kappa shape index (κ3) is 3.01. The van der Waals surface area contributed by atoms with Crippen LogP contribution in [-0.4, -0.2) is 16.1 Å². The number of hydrogen-bond donors (Lipinski definition) is 0. The highest BCUT2D eigenvalue weighted by Gasteiger charge is 2.16. The second-order valence-electron chi connectivity index (χ2n) is 4.17. The monoisotopic (exact) mass is 273 g/mol. The van der Waals surface area contributed by atoms with Crippen molar-refractivity contribution in [1.82, 2.24) is 9.97 Å². The highest BCUT2D eigenvalue weighted by atomic mass is 19.1. The Morgan fingerprint density at radius 2 is 1.90 bits per heavy atom. The molecule has 1 aromatic carbocycles. The van der Waals surface area contributed by atoms with Gasteiger partial charge in [-0.15, -0.1) is 0 Å². The van der Waals surface area contributed by atoms with Gasteiger partial charge in [-0.25, -0.2) is 0 Å². The third-order valence-electron chi connectivity index (χ3n) is 2.29. The van der Waals surface area contributed by atoms with Crippen LogP contribution in [0.2, 0.25) is 0 Å². The number of rotatable bonds is 4. The number of nitrogens with zero attached hydrogens (tertiary/aromatic N) is 3. The van der Waals surface area contributed by atoms with Gasteiger partial charge >= 0.3 is 0 Å². The Balaban J connectivity index is 2.32. The van der Waals surface area contributed by atoms with Crippen molar-refractivity contribution in [2.24, 2.45) is 0 Å². The predicted molar refractivity (Wildman–Crippen MR) is 69.0 cm³/mol. The molecule has 0 aliphatic rings. The van der Waals surface area contributed by atoms with Gasteiger partial charge in [0.15, 0.2) is 0 Å². The lowest BCUT2D eigenvalue weighted by Crippen LogP contribution is -2.09. The Bertz CT molecular complexity index is 653. The van der Waals surface area contributed by atoms with Gasteiger partial charge in [0.1, 0.15) is 18.1 Å². The van der Waals surface area contributed by atoms with Gasteiger partial charge in [0.2, 0.25) is 5.82 Å². The number of ether oxygens (including phenoxy) is 2. The molecule has 0 amide bonds. The summed E-state index contributed by atoms with van der Waals surface area (Å²) in [5.74, 6) is -1.03. The van der Waals surface area contributed by atoms with Crippen LogP contribution in [0.5, 0.6) is 17.5 Å². The summed E-state index contributed by atoms with van der Waals surface area (Å²) in [6, 6.07) is 8.46. The topological polar surface area (TPSA) is 68.0 Å². The first kappa shape index (κ1) is 13.7. The molecule has 0 fully saturated rings. The number of nitriles is 1. The Hall–Kier alpha value is -2.68. The smallest absolute Gasteiger partial charge is 0.263 e. The molecule has 0 saturated heterocycles. The summed E-state index contributed by atoms with van der Waals surface area (Å²) in [5.41, 5.74) is 0.289. The molecule has 0 N–H and O–H groups in total. The zero-order chi connectivity index (χ0) is 14.5. The first-order valence-electron chi connectivity index (χ1n) is 5.96. The van der Waals surface area contributed by atoms with Crippen LogP contribution in [0.15, 0.2) is 30.6 Å². The highest BCUT2D eigenvalue weighted by molar-refractivity contribution is 5.44. The van der Waals surface area contributed by atoms with E-state index in [0.29, 0.717) is 0 Å². The fourth-order valence-corrected chi connectivity index (χ4v) is 1.47. The standard InChI is InChI=1S/C14H12FN3O2/c1-9(2)19-13-12(15)14(18-8-17-13)20-11-6-4-3-5-10(11)7-16/h3-6,8-9H,1-2H3. The molecule has 0 spiro atoms. The van der Waals surface area contributed by atoms with Gasteiger partial charge in [0, 0.05) is 0 Å². The molecule has 1 aromatic heterocycles. The molecule has 6 heteroatoms. The number of para-hydroxylation sites is 1. The molecule has 0 saturated carbocycles. The summed E-state index contributed by atoms with van der Waals surface area (Å²) >= 11 is 0. The molecule has 2 rings (SSSR count). The molecule has 0 unspecified atom stereocenters. The summed E-state index contributed by atoms with van der Waals surface area (Å²) in [6.45, 7) is 3.51. The molecule has 20 heavy (non-hydrogen) atoms. The number of benzene rings is 1. The molecule has 0 atom stereocenters. The quantitative estimate of drug-likeness (QED) is 0.856. The maximum atomic E-state index is 14.1. The molecule has 0 radical (unpaired) electrons. The van der Waals surface area contributed by atoms with Gasteiger partial charge in [0.05, 0.1) is 11.7 Å². The fourth-order valence-electron chi connectivity index (χ4n) is 1.47. The van der Waals surface area contributed by atoms with Crippen LogP contribution in [0.1, 0.15) is 19.4 Å². The van der Waals surface area contributed by atoms with Gasteiger partial charge in [0.25, 0.3) is 11.8 Å². The fraction of sp³-hybridized carbons (Fsp3) is 0.214. The molecule has 0 bridgehead atoms. The maximum Gasteiger partial charge on any atom is 0.263 e. The second kappa shape index (κ2) is 5.97. The van der Waals surface area contributed by atoms with Crippen molar-refractivity contribution < 1.29 is 13.9 Å². The van der Waals surface area contributed by atoms with E-state index in [4.69, 9.17) is 14.7 Å². The van der Waals surface area contributed by atoms with Gasteiger partial charge < -0.3 is 9.47 Å². The summed E-state index contributed by atoms with van der Waals surface area (Å²) < 4.78 is 24.6. The zero-order valence-corrected chi connectivity index (χ0v) is 11.0. The summed E-state index contributed by atoms with van der Waals surface area (Å²) in [5, 5.41) is 8.96. The van der Waals surface area contributed by atoms with E-state index in [1.54, 1.807) is 38.1 Å². The van der Waals surface area contributed by atoms with E-state index in [0.717, 1.165) is 6.33 Å². The van der Waals surface area contributed by atoms with E-state index in [9.17, 15) is 4.39 Å². The van der Waals surface area contributed by atoms with E-state index >= 15 is 0 Å². The minimum atomic E-state index is -0.797. The summed E-state index contributed by atoms with van der Waals surface area (Å²) in [6.07, 6.45) is 0.920. The number of hydrogen-bond acceptors (Lipinski definition) is 5. The second-order valence-corrected chi connectivity index (χ2v) is 4.17. The molecular weight excluding hydrogens is 261 g/mol. The van der Waals surface area contributed by atoms with Gasteiger partial charge in [-0.3, -0.25) is 0 Å². The zero-order valence-electron chi connectivity index (χ0n) is 11.0. The average molecular weight is 273 g/mol. The van der Waals surface area contributed by atoms with Crippen molar-refractivity contribution in [2.75, 3.05) is 0 Å². The van der Waals surface area contributed by atoms with E-state index in [2.05, 4.69) is 9.97 Å². The van der Waals surface area contributed by atoms with Crippen molar-refractivity contribution in [3.05, 3.63) is 42.0 Å². The first-order valence-corrected chi connectivity index (χ1v) is 5.96. The minimum Gasteiger partial charge on any atom is -0.473 e. The molecule has 0 aliphatic heterocycles. The summed E-state index contributed by atoms with van der Waals surface area (Å²) in [7, 11) is 0. The lowest BCUT2D eigenvalue weighted by molar-refractivity contribution is 0.216. The van der Waals surface area contributed by atoms with Crippen molar-refractivity contribution in [3.8, 4) is 23.6 Å². The van der Waals surface area contributed by atoms with Crippen LogP contribution in [0.4, 0.5) is 4.39 Å². The third-order valence-corrected chi connectivity index (χ3v) is 2.29. The van der Waals surface area contributed by atoms with Crippen molar-refractivity contribution in [1.29, 1.82) is 5.26 Å². The molecule has 5 nitrogen and oxygen atoms in total. The van der Waals surface area contributed by atoms with Crippen molar-refractivity contribution >= 4 is 0 Å².